The number of Topliss-reactive ketones (excluding diaryl/α,β-unsaturated/α-hetero) is 1. The lowest BCUT2D eigenvalue weighted by Crippen LogP contribution is -2.40. The maximum atomic E-state index is 12.5. The summed E-state index contributed by atoms with van der Waals surface area (Å²) in [6.45, 7) is 10.3. The molecule has 0 spiro atoms. The molecule has 2 amide bonds. The predicted molar refractivity (Wildman–Crippen MR) is 148 cm³/mol. The number of hydrogen-bond acceptors (Lipinski definition) is 7. The van der Waals surface area contributed by atoms with Gasteiger partial charge in [-0.1, -0.05) is 30.3 Å². The zero-order valence-electron chi connectivity index (χ0n) is 22.0. The van der Waals surface area contributed by atoms with E-state index in [1.165, 1.54) is 6.92 Å². The van der Waals surface area contributed by atoms with Gasteiger partial charge in [-0.25, -0.2) is 10.7 Å². The second-order valence-corrected chi connectivity index (χ2v) is 8.78. The van der Waals surface area contributed by atoms with Crippen LogP contribution in [0.1, 0.15) is 49.9 Å². The molecule has 10 heteroatoms. The van der Waals surface area contributed by atoms with E-state index in [4.69, 9.17) is 22.9 Å². The van der Waals surface area contributed by atoms with Gasteiger partial charge in [0.2, 0.25) is 5.91 Å². The van der Waals surface area contributed by atoms with E-state index in [0.717, 1.165) is 11.1 Å². The Morgan fingerprint density at radius 3 is 1.98 bits per heavy atom. The van der Waals surface area contributed by atoms with Gasteiger partial charge >= 0.3 is 0 Å². The summed E-state index contributed by atoms with van der Waals surface area (Å²) < 4.78 is 0. The quantitative estimate of drug-likeness (QED) is 0.112. The fourth-order valence-corrected chi connectivity index (χ4v) is 3.62. The third kappa shape index (κ3) is 8.90. The fourth-order valence-electron chi connectivity index (χ4n) is 3.62. The van der Waals surface area contributed by atoms with Crippen molar-refractivity contribution in [2.75, 3.05) is 6.54 Å². The first-order chi connectivity index (χ1) is 19.1. The van der Waals surface area contributed by atoms with E-state index >= 15 is 0 Å². The first-order valence-electron chi connectivity index (χ1n) is 12.1. The Kier molecular flexibility index (Phi) is 11.7. The zero-order chi connectivity index (χ0) is 29.7. The summed E-state index contributed by atoms with van der Waals surface area (Å²) in [6, 6.07) is 21.6. The van der Waals surface area contributed by atoms with Gasteiger partial charge < -0.3 is 10.4 Å². The molecule has 40 heavy (non-hydrogen) atoms. The van der Waals surface area contributed by atoms with Crippen molar-refractivity contribution in [3.05, 3.63) is 112 Å². The highest BCUT2D eigenvalue weighted by molar-refractivity contribution is 5.99. The van der Waals surface area contributed by atoms with Crippen molar-refractivity contribution < 1.29 is 19.5 Å². The van der Waals surface area contributed by atoms with E-state index in [2.05, 4.69) is 10.2 Å². The number of aliphatic hydroxyl groups excluding tert-OH is 1. The van der Waals surface area contributed by atoms with E-state index in [1.54, 1.807) is 60.7 Å². The summed E-state index contributed by atoms with van der Waals surface area (Å²) in [5, 5.41) is 29.9. The van der Waals surface area contributed by atoms with Crippen LogP contribution in [0.3, 0.4) is 0 Å². The Labute approximate surface area is 232 Å². The smallest absolute Gasteiger partial charge is 0.265 e. The van der Waals surface area contributed by atoms with Crippen LogP contribution >= 0.6 is 0 Å². The highest BCUT2D eigenvalue weighted by Crippen LogP contribution is 2.22. The fraction of sp³-hybridized carbons (Fsp3) is 0.200. The molecule has 0 aliphatic rings. The lowest BCUT2D eigenvalue weighted by Gasteiger charge is -2.20. The van der Waals surface area contributed by atoms with E-state index in [0.29, 0.717) is 34.4 Å². The van der Waals surface area contributed by atoms with Crippen molar-refractivity contribution in [2.24, 2.45) is 11.8 Å². The van der Waals surface area contributed by atoms with Gasteiger partial charge in [0.15, 0.2) is 11.5 Å². The number of rotatable bonds is 8. The van der Waals surface area contributed by atoms with E-state index in [-0.39, 0.29) is 18.2 Å². The van der Waals surface area contributed by atoms with Crippen LogP contribution in [0.2, 0.25) is 0 Å². The van der Waals surface area contributed by atoms with Crippen LogP contribution < -0.4 is 16.6 Å². The van der Waals surface area contributed by atoms with E-state index < -0.39 is 17.9 Å². The van der Waals surface area contributed by atoms with Crippen molar-refractivity contribution in [3.8, 4) is 12.1 Å². The van der Waals surface area contributed by atoms with E-state index in [1.807, 2.05) is 30.6 Å². The van der Waals surface area contributed by atoms with Crippen molar-refractivity contribution in [2.45, 2.75) is 26.4 Å². The van der Waals surface area contributed by atoms with Gasteiger partial charge in [0.1, 0.15) is 0 Å². The number of amides is 2. The monoisotopic (exact) mass is 536 g/mol. The van der Waals surface area contributed by atoms with Crippen molar-refractivity contribution in [1.82, 2.24) is 10.7 Å². The number of nitrogens with zero attached hydrogens (tertiary/aromatic N) is 3. The maximum absolute atomic E-state index is 12.5. The molecule has 3 aromatic rings. The lowest BCUT2D eigenvalue weighted by molar-refractivity contribution is -0.127. The minimum atomic E-state index is -0.897. The Balaban J connectivity index is 0.000000389. The molecule has 0 aliphatic carbocycles. The van der Waals surface area contributed by atoms with Crippen LogP contribution in [-0.2, 0) is 11.2 Å². The third-order valence-corrected chi connectivity index (χ3v) is 5.92. The number of hydrogen-bond donors (Lipinski definition) is 4. The lowest BCUT2D eigenvalue weighted by atomic mass is 9.93. The number of benzene rings is 3. The molecule has 202 valence electrons. The Morgan fingerprint density at radius 1 is 0.975 bits per heavy atom. The molecule has 3 rings (SSSR count). The number of nitrogens with two attached hydrogens (primary N) is 1. The normalized spacial score (nSPS) is 11.2. The third-order valence-electron chi connectivity index (χ3n) is 5.92. The average molecular weight is 537 g/mol. The summed E-state index contributed by atoms with van der Waals surface area (Å²) in [5.41, 5.74) is 6.01. The molecular formula is C30H28N6O4. The molecule has 0 radical (unpaired) electrons. The molecule has 10 nitrogen and oxygen atoms in total. The van der Waals surface area contributed by atoms with Gasteiger partial charge in [0, 0.05) is 11.1 Å². The molecule has 0 fully saturated rings. The summed E-state index contributed by atoms with van der Waals surface area (Å²) in [5.74, 6) is 3.14. The van der Waals surface area contributed by atoms with Gasteiger partial charge in [-0.15, -0.1) is 0 Å². The summed E-state index contributed by atoms with van der Waals surface area (Å²) in [4.78, 5) is 39.1. The Hall–Kier alpha value is -5.34. The molecule has 0 saturated carbocycles. The minimum Gasteiger partial charge on any atom is -0.393 e. The summed E-state index contributed by atoms with van der Waals surface area (Å²) >= 11 is 0. The zero-order valence-corrected chi connectivity index (χ0v) is 22.0. The van der Waals surface area contributed by atoms with E-state index in [9.17, 15) is 19.5 Å². The number of nitrogens with one attached hydrogen (secondary N) is 2. The maximum Gasteiger partial charge on any atom is 0.265 e. The molecule has 3 aromatic carbocycles. The number of nitriles is 2. The summed E-state index contributed by atoms with van der Waals surface area (Å²) in [6.07, 6.45) is -0.598. The molecular weight excluding hydrogens is 508 g/mol. The second-order valence-electron chi connectivity index (χ2n) is 8.78. The van der Waals surface area contributed by atoms with Gasteiger partial charge in [-0.3, -0.25) is 19.8 Å². The number of ketones is 1. The number of nitrogen functional groups attached to an aromatic ring is 1. The van der Waals surface area contributed by atoms with Crippen LogP contribution in [0.5, 0.6) is 0 Å². The van der Waals surface area contributed by atoms with Crippen molar-refractivity contribution >= 4 is 23.3 Å². The molecule has 5 N–H and O–H groups in total. The first kappa shape index (κ1) is 30.9. The highest BCUT2D eigenvalue weighted by atomic mass is 16.3. The predicted octanol–water partition coefficient (Wildman–Crippen LogP) is 3.12. The minimum absolute atomic E-state index is 0.191. The van der Waals surface area contributed by atoms with Crippen molar-refractivity contribution in [1.29, 1.82) is 10.5 Å². The van der Waals surface area contributed by atoms with Gasteiger partial charge in [-0.05, 0) is 67.8 Å². The number of carbonyl (C=O) groups excluding carboxylic acids is 3. The van der Waals surface area contributed by atoms with Crippen LogP contribution in [0.15, 0.2) is 66.7 Å². The van der Waals surface area contributed by atoms with Crippen molar-refractivity contribution in [3.63, 3.8) is 0 Å². The van der Waals surface area contributed by atoms with Gasteiger partial charge in [0.25, 0.3) is 5.91 Å². The number of aryl methyl sites for hydroxylation is 1. The van der Waals surface area contributed by atoms with Crippen LogP contribution in [0, 0.1) is 42.1 Å². The number of aliphatic hydroxyl groups is 1. The largest absolute Gasteiger partial charge is 0.393 e. The molecule has 0 heterocycles. The Bertz CT molecular complexity index is 1480. The number of hydrazine groups is 1. The average Bonchev–Trinajstić information content (AvgIpc) is 2.98. The van der Waals surface area contributed by atoms with Crippen LogP contribution in [0.25, 0.3) is 4.85 Å². The number of carbonyl (C=O) groups is 3. The van der Waals surface area contributed by atoms with Crippen LogP contribution in [0.4, 0.5) is 5.69 Å². The molecule has 0 bridgehead atoms. The summed E-state index contributed by atoms with van der Waals surface area (Å²) in [7, 11) is 0. The molecule has 0 aromatic heterocycles. The van der Waals surface area contributed by atoms with Gasteiger partial charge in [0.05, 0.1) is 48.4 Å². The Morgan fingerprint density at radius 2 is 1.52 bits per heavy atom. The molecule has 0 aliphatic heterocycles. The van der Waals surface area contributed by atoms with Crippen LogP contribution in [-0.4, -0.2) is 35.4 Å². The SMILES string of the molecule is N#Cc1ccc(C(=O)NN)cc1.[C-]#[N+]c1ccc(C[C@@H](C(=O)NCC(=O)c2ccc(C#N)cc2)[C@@H](C)O)cc1C. The molecule has 0 saturated heterocycles. The standard InChI is InChI=1S/C22H21N3O3.C8H7N3O/c1-14-10-17(6-9-20(14)24-3)11-19(15(2)26)22(28)25-13-21(27)18-7-4-16(12-23)5-8-18;9-5-6-1-3-7(4-2-6)8(12)11-10/h4-10,15,19,26H,11,13H2,1-2H3,(H,25,28);1-4H,10H2,(H,11,12)/t15-,19-;/m1./s1. The second kappa shape index (κ2) is 15.2. The highest BCUT2D eigenvalue weighted by Gasteiger charge is 2.24. The molecule has 2 atom stereocenters. The first-order valence-corrected chi connectivity index (χ1v) is 12.1. The topological polar surface area (TPSA) is 173 Å². The molecule has 0 unspecified atom stereocenters. The van der Waals surface area contributed by atoms with Gasteiger partial charge in [-0.2, -0.15) is 10.5 Å².